The van der Waals surface area contributed by atoms with Crippen molar-refractivity contribution in [2.45, 2.75) is 24.0 Å². The van der Waals surface area contributed by atoms with E-state index in [1.165, 1.54) is 0 Å². The molecule has 1 aromatic carbocycles. The maximum atomic E-state index is 12.1. The van der Waals surface area contributed by atoms with Crippen LogP contribution in [0.15, 0.2) is 30.3 Å². The summed E-state index contributed by atoms with van der Waals surface area (Å²) in [5, 5.41) is 43.8. The quantitative estimate of drug-likeness (QED) is 0.374. The Labute approximate surface area is 115 Å². The average Bonchev–Trinajstić information content (AvgIpc) is 2.49. The predicted molar refractivity (Wildman–Crippen MR) is 69.7 cm³/mol. The van der Waals surface area contributed by atoms with Crippen LogP contribution in [0.4, 0.5) is 0 Å². The van der Waals surface area contributed by atoms with E-state index in [-0.39, 0.29) is 6.54 Å². The Bertz CT molecular complexity index is 469. The molecule has 1 amide bonds. The van der Waals surface area contributed by atoms with Crippen molar-refractivity contribution in [2.24, 2.45) is 0 Å². The first-order valence-electron chi connectivity index (χ1n) is 6.28. The van der Waals surface area contributed by atoms with Crippen molar-refractivity contribution in [3.8, 4) is 0 Å². The molecule has 0 radical (unpaired) electrons. The van der Waals surface area contributed by atoms with Crippen LogP contribution in [-0.2, 0) is 0 Å². The van der Waals surface area contributed by atoms with Gasteiger partial charge in [-0.25, -0.2) is 0 Å². The first kappa shape index (κ1) is 14.9. The van der Waals surface area contributed by atoms with Gasteiger partial charge in [0.1, 0.15) is 17.9 Å². The molecule has 6 N–H and O–H groups in total. The van der Waals surface area contributed by atoms with Crippen LogP contribution >= 0.6 is 0 Å². The number of amides is 1. The number of aliphatic hydroxyl groups is 4. The number of β-amino-alcohol motifs (C(OH)–C–C–N with tert-alkyl or cyclic N) is 1. The zero-order valence-corrected chi connectivity index (χ0v) is 10.7. The molecular weight excluding hydrogens is 264 g/mol. The van der Waals surface area contributed by atoms with Gasteiger partial charge in [-0.15, -0.1) is 0 Å². The van der Waals surface area contributed by atoms with Crippen molar-refractivity contribution >= 4 is 5.91 Å². The molecule has 7 nitrogen and oxygen atoms in total. The van der Waals surface area contributed by atoms with Gasteiger partial charge in [0.25, 0.3) is 5.91 Å². The number of carbonyl (C=O) groups is 1. The summed E-state index contributed by atoms with van der Waals surface area (Å²) in [7, 11) is 0. The number of nitrogens with one attached hydrogen (secondary N) is 2. The molecule has 110 valence electrons. The monoisotopic (exact) mass is 282 g/mol. The van der Waals surface area contributed by atoms with Crippen LogP contribution in [0.3, 0.4) is 0 Å². The maximum Gasteiger partial charge on any atom is 0.252 e. The molecule has 1 fully saturated rings. The Balaban J connectivity index is 2.18. The van der Waals surface area contributed by atoms with Crippen LogP contribution in [0.5, 0.6) is 0 Å². The Hall–Kier alpha value is -1.51. The number of piperidine rings is 1. The van der Waals surface area contributed by atoms with Crippen molar-refractivity contribution in [3.63, 3.8) is 0 Å². The van der Waals surface area contributed by atoms with Crippen LogP contribution in [0, 0.1) is 0 Å². The highest BCUT2D eigenvalue weighted by atomic mass is 16.4. The van der Waals surface area contributed by atoms with Gasteiger partial charge in [0.05, 0.1) is 12.7 Å². The van der Waals surface area contributed by atoms with E-state index in [2.05, 4.69) is 10.6 Å². The van der Waals surface area contributed by atoms with Gasteiger partial charge < -0.3 is 25.7 Å². The van der Waals surface area contributed by atoms with E-state index in [9.17, 15) is 25.2 Å². The minimum atomic E-state index is -1.59. The molecule has 0 bridgehead atoms. The topological polar surface area (TPSA) is 122 Å². The zero-order valence-electron chi connectivity index (χ0n) is 10.7. The highest BCUT2D eigenvalue weighted by Crippen LogP contribution is 2.19. The number of hydrogen-bond acceptors (Lipinski definition) is 6. The van der Waals surface area contributed by atoms with E-state index in [1.54, 1.807) is 30.3 Å². The van der Waals surface area contributed by atoms with Crippen LogP contribution in [-0.4, -0.2) is 63.5 Å². The van der Waals surface area contributed by atoms with E-state index < -0.39 is 36.5 Å². The van der Waals surface area contributed by atoms with E-state index in [0.717, 1.165) is 0 Å². The lowest BCUT2D eigenvalue weighted by molar-refractivity contribution is -0.139. The molecule has 0 spiro atoms. The van der Waals surface area contributed by atoms with Gasteiger partial charge in [-0.1, -0.05) is 18.2 Å². The highest BCUT2D eigenvalue weighted by Gasteiger charge is 2.48. The third-order valence-corrected chi connectivity index (χ3v) is 3.47. The fourth-order valence-corrected chi connectivity index (χ4v) is 2.19. The second-order valence-electron chi connectivity index (χ2n) is 4.83. The summed E-state index contributed by atoms with van der Waals surface area (Å²) in [5.41, 5.74) is -1.24. The molecule has 1 aromatic rings. The van der Waals surface area contributed by atoms with Crippen molar-refractivity contribution in [3.05, 3.63) is 35.9 Å². The molecule has 1 heterocycles. The van der Waals surface area contributed by atoms with Crippen LogP contribution < -0.4 is 10.6 Å². The Kier molecular flexibility index (Phi) is 4.36. The molecule has 0 aromatic heterocycles. The molecule has 0 aliphatic carbocycles. The lowest BCUT2D eigenvalue weighted by atomic mass is 9.90. The van der Waals surface area contributed by atoms with Gasteiger partial charge in [0.2, 0.25) is 0 Å². The van der Waals surface area contributed by atoms with Gasteiger partial charge >= 0.3 is 0 Å². The molecule has 1 aliphatic rings. The van der Waals surface area contributed by atoms with Crippen molar-refractivity contribution in [2.75, 3.05) is 13.2 Å². The minimum absolute atomic E-state index is 0.0617. The number of rotatable bonds is 3. The summed E-state index contributed by atoms with van der Waals surface area (Å²) in [6.45, 7) is -0.690. The number of carbonyl (C=O) groups excluding carboxylic acids is 1. The van der Waals surface area contributed by atoms with Gasteiger partial charge in [-0.05, 0) is 12.1 Å². The average molecular weight is 282 g/mol. The second-order valence-corrected chi connectivity index (χ2v) is 4.83. The van der Waals surface area contributed by atoms with Crippen LogP contribution in [0.25, 0.3) is 0 Å². The SMILES string of the molecule is O=C(NC1(CO)NCC(O)C(O)C1O)c1ccccc1. The first-order valence-corrected chi connectivity index (χ1v) is 6.28. The molecule has 4 atom stereocenters. The lowest BCUT2D eigenvalue weighted by Crippen LogP contribution is -2.76. The largest absolute Gasteiger partial charge is 0.392 e. The van der Waals surface area contributed by atoms with Crippen molar-refractivity contribution in [1.82, 2.24) is 10.6 Å². The molecular formula is C13H18N2O5. The summed E-state index contributed by atoms with van der Waals surface area (Å²) in [6, 6.07) is 8.29. The summed E-state index contributed by atoms with van der Waals surface area (Å²) < 4.78 is 0. The van der Waals surface area contributed by atoms with E-state index >= 15 is 0 Å². The molecule has 1 saturated heterocycles. The van der Waals surface area contributed by atoms with Crippen LogP contribution in [0.2, 0.25) is 0 Å². The zero-order chi connectivity index (χ0) is 14.8. The number of benzene rings is 1. The number of hydrogen-bond donors (Lipinski definition) is 6. The molecule has 4 unspecified atom stereocenters. The second kappa shape index (κ2) is 5.86. The molecule has 2 rings (SSSR count). The Morgan fingerprint density at radius 1 is 1.30 bits per heavy atom. The van der Waals surface area contributed by atoms with Crippen LogP contribution in [0.1, 0.15) is 10.4 Å². The predicted octanol–water partition coefficient (Wildman–Crippen LogP) is -2.21. The summed E-state index contributed by atoms with van der Waals surface area (Å²) in [5.74, 6) is -0.505. The fourth-order valence-electron chi connectivity index (χ4n) is 2.19. The summed E-state index contributed by atoms with van der Waals surface area (Å²) >= 11 is 0. The standard InChI is InChI=1S/C13H18N2O5/c16-7-13(11(19)10(18)9(17)6-14-13)15-12(20)8-4-2-1-3-5-8/h1-5,9-11,14,16-19H,6-7H2,(H,15,20). The van der Waals surface area contributed by atoms with Gasteiger partial charge in [-0.2, -0.15) is 0 Å². The maximum absolute atomic E-state index is 12.1. The normalized spacial score (nSPS) is 33.7. The van der Waals surface area contributed by atoms with Gasteiger partial charge in [0.15, 0.2) is 0 Å². The van der Waals surface area contributed by atoms with Gasteiger partial charge in [-0.3, -0.25) is 10.1 Å². The van der Waals surface area contributed by atoms with E-state index in [0.29, 0.717) is 5.56 Å². The smallest absolute Gasteiger partial charge is 0.252 e. The lowest BCUT2D eigenvalue weighted by Gasteiger charge is -2.45. The molecule has 20 heavy (non-hydrogen) atoms. The molecule has 7 heteroatoms. The summed E-state index contributed by atoms with van der Waals surface area (Å²) in [6.07, 6.45) is -4.17. The molecule has 1 aliphatic heterocycles. The fraction of sp³-hybridized carbons (Fsp3) is 0.462. The Morgan fingerprint density at radius 3 is 2.55 bits per heavy atom. The minimum Gasteiger partial charge on any atom is -0.392 e. The number of aliphatic hydroxyl groups excluding tert-OH is 4. The Morgan fingerprint density at radius 2 is 1.95 bits per heavy atom. The van der Waals surface area contributed by atoms with Crippen molar-refractivity contribution < 1.29 is 25.2 Å². The van der Waals surface area contributed by atoms with Crippen molar-refractivity contribution in [1.29, 1.82) is 0 Å². The molecule has 0 saturated carbocycles. The van der Waals surface area contributed by atoms with Gasteiger partial charge in [0, 0.05) is 12.1 Å². The third-order valence-electron chi connectivity index (χ3n) is 3.47. The third kappa shape index (κ3) is 2.67. The summed E-state index contributed by atoms with van der Waals surface area (Å²) in [4.78, 5) is 12.1. The van der Waals surface area contributed by atoms with E-state index in [1.807, 2.05) is 0 Å². The highest BCUT2D eigenvalue weighted by molar-refractivity contribution is 5.94. The van der Waals surface area contributed by atoms with E-state index in [4.69, 9.17) is 0 Å². The first-order chi connectivity index (χ1) is 9.50.